The first-order valence-corrected chi connectivity index (χ1v) is 7.25. The quantitative estimate of drug-likeness (QED) is 0.584. The second-order valence-electron chi connectivity index (χ2n) is 4.17. The van der Waals surface area contributed by atoms with Gasteiger partial charge in [-0.15, -0.1) is 16.4 Å². The Labute approximate surface area is 121 Å². The maximum Gasteiger partial charge on any atom is 0.305 e. The molecule has 0 saturated carbocycles. The number of rotatable bonds is 8. The van der Waals surface area contributed by atoms with E-state index in [-0.39, 0.29) is 5.97 Å². The van der Waals surface area contributed by atoms with Crippen LogP contribution in [-0.4, -0.2) is 39.6 Å². The number of carbonyl (C=O) groups is 1. The summed E-state index contributed by atoms with van der Waals surface area (Å²) in [5, 5.41) is 13.7. The number of anilines is 1. The molecular weight excluding hydrogens is 278 g/mol. The van der Waals surface area contributed by atoms with E-state index in [9.17, 15) is 4.79 Å². The van der Waals surface area contributed by atoms with Crippen molar-refractivity contribution in [2.24, 2.45) is 0 Å². The van der Waals surface area contributed by atoms with Crippen molar-refractivity contribution in [2.75, 3.05) is 19.0 Å². The summed E-state index contributed by atoms with van der Waals surface area (Å²) in [6.45, 7) is 1.65. The molecule has 0 amide bonds. The fourth-order valence-electron chi connectivity index (χ4n) is 1.62. The number of methoxy groups -OCH3 is 1. The lowest BCUT2D eigenvalue weighted by atomic mass is 10.2. The summed E-state index contributed by atoms with van der Waals surface area (Å²) in [6.07, 6.45) is 5.44. The second-order valence-corrected chi connectivity index (χ2v) is 5.02. The zero-order valence-corrected chi connectivity index (χ0v) is 12.1. The molecule has 0 fully saturated rings. The molecule has 0 aliphatic heterocycles. The standard InChI is InChI=1S/C12H17N5O2S/c1-19-11(18)4-3-10-9-20-12(15-10)13-5-2-7-17-8-6-14-16-17/h6,8-9H,2-5,7H2,1H3,(H,13,15). The van der Waals surface area contributed by atoms with E-state index < -0.39 is 0 Å². The summed E-state index contributed by atoms with van der Waals surface area (Å²) >= 11 is 1.55. The van der Waals surface area contributed by atoms with Gasteiger partial charge in [-0.2, -0.15) is 0 Å². The van der Waals surface area contributed by atoms with Crippen molar-refractivity contribution in [3.63, 3.8) is 0 Å². The van der Waals surface area contributed by atoms with Crippen LogP contribution in [0.25, 0.3) is 0 Å². The van der Waals surface area contributed by atoms with Crippen molar-refractivity contribution in [2.45, 2.75) is 25.8 Å². The molecule has 0 aliphatic rings. The molecule has 0 saturated heterocycles. The number of aryl methyl sites for hydroxylation is 2. The summed E-state index contributed by atoms with van der Waals surface area (Å²) < 4.78 is 6.40. The Balaban J connectivity index is 1.66. The fraction of sp³-hybridized carbons (Fsp3) is 0.500. The van der Waals surface area contributed by atoms with Gasteiger partial charge in [0.1, 0.15) is 0 Å². The molecule has 20 heavy (non-hydrogen) atoms. The highest BCUT2D eigenvalue weighted by atomic mass is 32.1. The van der Waals surface area contributed by atoms with Crippen molar-refractivity contribution < 1.29 is 9.53 Å². The molecule has 0 spiro atoms. The van der Waals surface area contributed by atoms with Crippen molar-refractivity contribution in [1.29, 1.82) is 0 Å². The number of aromatic nitrogens is 4. The lowest BCUT2D eigenvalue weighted by Crippen LogP contribution is -2.07. The molecule has 2 rings (SSSR count). The zero-order chi connectivity index (χ0) is 14.2. The van der Waals surface area contributed by atoms with E-state index in [2.05, 4.69) is 25.3 Å². The first-order chi connectivity index (χ1) is 9.78. The van der Waals surface area contributed by atoms with Gasteiger partial charge in [0.05, 0.1) is 25.4 Å². The molecule has 0 aliphatic carbocycles. The average molecular weight is 295 g/mol. The molecule has 108 valence electrons. The summed E-state index contributed by atoms with van der Waals surface area (Å²) in [4.78, 5) is 15.5. The molecule has 2 aromatic rings. The molecular formula is C12H17N5O2S. The zero-order valence-electron chi connectivity index (χ0n) is 11.3. The highest BCUT2D eigenvalue weighted by Gasteiger charge is 2.05. The molecule has 2 aromatic heterocycles. The Morgan fingerprint density at radius 1 is 1.55 bits per heavy atom. The minimum atomic E-state index is -0.208. The highest BCUT2D eigenvalue weighted by Crippen LogP contribution is 2.16. The predicted molar refractivity (Wildman–Crippen MR) is 75.6 cm³/mol. The van der Waals surface area contributed by atoms with E-state index >= 15 is 0 Å². The lowest BCUT2D eigenvalue weighted by Gasteiger charge is -2.02. The van der Waals surface area contributed by atoms with Gasteiger partial charge in [-0.05, 0) is 6.42 Å². The largest absolute Gasteiger partial charge is 0.469 e. The molecule has 2 heterocycles. The van der Waals surface area contributed by atoms with Crippen LogP contribution in [0.2, 0.25) is 0 Å². The van der Waals surface area contributed by atoms with Gasteiger partial charge in [0.2, 0.25) is 0 Å². The van der Waals surface area contributed by atoms with Gasteiger partial charge in [0.25, 0.3) is 0 Å². The molecule has 8 heteroatoms. The second kappa shape index (κ2) is 7.59. The van der Waals surface area contributed by atoms with E-state index in [1.165, 1.54) is 7.11 Å². The maximum absolute atomic E-state index is 11.0. The molecule has 0 aromatic carbocycles. The number of esters is 1. The third-order valence-electron chi connectivity index (χ3n) is 2.68. The van der Waals surface area contributed by atoms with Gasteiger partial charge in [-0.25, -0.2) is 4.98 Å². The number of nitrogens with one attached hydrogen (secondary N) is 1. The number of hydrogen-bond acceptors (Lipinski definition) is 7. The van der Waals surface area contributed by atoms with E-state index in [1.807, 2.05) is 11.6 Å². The minimum Gasteiger partial charge on any atom is -0.469 e. The van der Waals surface area contributed by atoms with Crippen LogP contribution < -0.4 is 5.32 Å². The van der Waals surface area contributed by atoms with Crippen molar-refractivity contribution in [3.05, 3.63) is 23.5 Å². The van der Waals surface area contributed by atoms with Crippen molar-refractivity contribution in [3.8, 4) is 0 Å². The first kappa shape index (κ1) is 14.4. The monoisotopic (exact) mass is 295 g/mol. The molecule has 7 nitrogen and oxygen atoms in total. The van der Waals surface area contributed by atoms with E-state index in [4.69, 9.17) is 0 Å². The highest BCUT2D eigenvalue weighted by molar-refractivity contribution is 7.13. The fourth-order valence-corrected chi connectivity index (χ4v) is 2.40. The summed E-state index contributed by atoms with van der Waals surface area (Å²) in [6, 6.07) is 0. The van der Waals surface area contributed by atoms with Crippen LogP contribution in [0.15, 0.2) is 17.8 Å². The summed E-state index contributed by atoms with van der Waals surface area (Å²) in [5.41, 5.74) is 0.916. The molecule has 0 unspecified atom stereocenters. The molecule has 0 bridgehead atoms. The van der Waals surface area contributed by atoms with E-state index in [0.717, 1.165) is 30.3 Å². The Bertz CT molecular complexity index is 526. The minimum absolute atomic E-state index is 0.208. The first-order valence-electron chi connectivity index (χ1n) is 6.37. The van der Waals surface area contributed by atoms with Crippen LogP contribution >= 0.6 is 11.3 Å². The predicted octanol–water partition coefficient (Wildman–Crippen LogP) is 1.34. The van der Waals surface area contributed by atoms with Crippen LogP contribution in [0.4, 0.5) is 5.13 Å². The Kier molecular flexibility index (Phi) is 5.48. The van der Waals surface area contributed by atoms with E-state index in [1.54, 1.807) is 22.2 Å². The molecule has 1 N–H and O–H groups in total. The van der Waals surface area contributed by atoms with Crippen LogP contribution in [-0.2, 0) is 22.5 Å². The van der Waals surface area contributed by atoms with Gasteiger partial charge >= 0.3 is 5.97 Å². The van der Waals surface area contributed by atoms with Crippen LogP contribution in [0.1, 0.15) is 18.5 Å². The van der Waals surface area contributed by atoms with Crippen molar-refractivity contribution >= 4 is 22.4 Å². The number of nitrogens with zero attached hydrogens (tertiary/aromatic N) is 4. The topological polar surface area (TPSA) is 81.9 Å². The van der Waals surface area contributed by atoms with Crippen LogP contribution in [0.3, 0.4) is 0 Å². The summed E-state index contributed by atoms with van der Waals surface area (Å²) in [7, 11) is 1.39. The number of carbonyl (C=O) groups excluding carboxylic acids is 1. The Morgan fingerprint density at radius 3 is 3.20 bits per heavy atom. The van der Waals surface area contributed by atoms with Crippen molar-refractivity contribution in [1.82, 2.24) is 20.0 Å². The SMILES string of the molecule is COC(=O)CCc1csc(NCCCn2ccnn2)n1. The molecule has 0 radical (unpaired) electrons. The number of thiazole rings is 1. The normalized spacial score (nSPS) is 10.4. The lowest BCUT2D eigenvalue weighted by molar-refractivity contribution is -0.140. The third kappa shape index (κ3) is 4.61. The van der Waals surface area contributed by atoms with Crippen LogP contribution in [0, 0.1) is 0 Å². The number of ether oxygens (including phenoxy) is 1. The van der Waals surface area contributed by atoms with E-state index in [0.29, 0.717) is 12.8 Å². The van der Waals surface area contributed by atoms with Gasteiger partial charge in [-0.3, -0.25) is 9.48 Å². The van der Waals surface area contributed by atoms with Gasteiger partial charge in [0.15, 0.2) is 5.13 Å². The number of hydrogen-bond donors (Lipinski definition) is 1. The van der Waals surface area contributed by atoms with Crippen LogP contribution in [0.5, 0.6) is 0 Å². The molecule has 0 atom stereocenters. The van der Waals surface area contributed by atoms with Gasteiger partial charge in [0, 0.05) is 31.1 Å². The average Bonchev–Trinajstić information content (AvgIpc) is 3.12. The third-order valence-corrected chi connectivity index (χ3v) is 3.53. The van der Waals surface area contributed by atoms with Gasteiger partial charge in [-0.1, -0.05) is 5.21 Å². The Hall–Kier alpha value is -1.96. The van der Waals surface area contributed by atoms with Gasteiger partial charge < -0.3 is 10.1 Å². The maximum atomic E-state index is 11.0. The smallest absolute Gasteiger partial charge is 0.305 e. The Morgan fingerprint density at radius 2 is 2.45 bits per heavy atom. The summed E-state index contributed by atoms with van der Waals surface area (Å²) in [5.74, 6) is -0.208.